The van der Waals surface area contributed by atoms with Gasteiger partial charge in [0.05, 0.1) is 0 Å². The molecule has 1 aromatic heterocycles. The van der Waals surface area contributed by atoms with Gasteiger partial charge in [0.2, 0.25) is 6.79 Å². The highest BCUT2D eigenvalue weighted by Gasteiger charge is 2.14. The average Bonchev–Trinajstić information content (AvgIpc) is 3.13. The van der Waals surface area contributed by atoms with Crippen molar-refractivity contribution in [2.75, 3.05) is 17.4 Å². The van der Waals surface area contributed by atoms with E-state index in [1.165, 1.54) is 6.33 Å². The van der Waals surface area contributed by atoms with Crippen molar-refractivity contribution in [3.8, 4) is 11.5 Å². The van der Waals surface area contributed by atoms with Gasteiger partial charge in [0.25, 0.3) is 5.91 Å². The Morgan fingerprint density at radius 2 is 1.85 bits per heavy atom. The Bertz CT molecular complexity index is 1030. The smallest absolute Gasteiger partial charge is 0.274 e. The van der Waals surface area contributed by atoms with Crippen LogP contribution in [0.2, 0.25) is 5.02 Å². The first-order chi connectivity index (χ1) is 13.1. The van der Waals surface area contributed by atoms with Crippen LogP contribution in [-0.2, 0) is 0 Å². The Morgan fingerprint density at radius 3 is 2.70 bits per heavy atom. The van der Waals surface area contributed by atoms with E-state index < -0.39 is 0 Å². The van der Waals surface area contributed by atoms with E-state index in [4.69, 9.17) is 21.1 Å². The second-order valence-corrected chi connectivity index (χ2v) is 6.31. The fourth-order valence-corrected chi connectivity index (χ4v) is 2.72. The molecule has 3 aromatic rings. The predicted octanol–water partition coefficient (Wildman–Crippen LogP) is 4.16. The zero-order valence-electron chi connectivity index (χ0n) is 14.3. The van der Waals surface area contributed by atoms with E-state index in [1.54, 1.807) is 30.3 Å². The molecule has 0 radical (unpaired) electrons. The quantitative estimate of drug-likeness (QED) is 0.704. The van der Waals surface area contributed by atoms with Gasteiger partial charge < -0.3 is 20.1 Å². The SMILES string of the molecule is Cc1ccc(NC(=O)c2cc(Nc3ccc4c(c3)OCO4)ncn2)cc1Cl. The van der Waals surface area contributed by atoms with E-state index in [9.17, 15) is 4.79 Å². The van der Waals surface area contributed by atoms with E-state index in [0.29, 0.717) is 28.0 Å². The third kappa shape index (κ3) is 3.78. The van der Waals surface area contributed by atoms with Gasteiger partial charge in [0.1, 0.15) is 17.8 Å². The normalized spacial score (nSPS) is 11.9. The number of aromatic nitrogens is 2. The minimum Gasteiger partial charge on any atom is -0.454 e. The first-order valence-electron chi connectivity index (χ1n) is 8.15. The molecule has 0 fully saturated rings. The van der Waals surface area contributed by atoms with E-state index in [-0.39, 0.29) is 18.4 Å². The van der Waals surface area contributed by atoms with Gasteiger partial charge in [0.15, 0.2) is 11.5 Å². The van der Waals surface area contributed by atoms with Crippen molar-refractivity contribution in [3.63, 3.8) is 0 Å². The second kappa shape index (κ2) is 7.13. The molecule has 1 aliphatic heterocycles. The second-order valence-electron chi connectivity index (χ2n) is 5.90. The summed E-state index contributed by atoms with van der Waals surface area (Å²) >= 11 is 6.09. The van der Waals surface area contributed by atoms with Crippen LogP contribution in [0.15, 0.2) is 48.8 Å². The number of hydrogen-bond acceptors (Lipinski definition) is 6. The van der Waals surface area contributed by atoms with Crippen molar-refractivity contribution in [1.82, 2.24) is 9.97 Å². The molecular formula is C19H15ClN4O3. The number of nitrogens with one attached hydrogen (secondary N) is 2. The average molecular weight is 383 g/mol. The van der Waals surface area contributed by atoms with Gasteiger partial charge in [-0.15, -0.1) is 0 Å². The van der Waals surface area contributed by atoms with Gasteiger partial charge in [0, 0.05) is 28.5 Å². The molecule has 7 nitrogen and oxygen atoms in total. The molecule has 2 N–H and O–H groups in total. The maximum absolute atomic E-state index is 12.5. The number of nitrogens with zero attached hydrogens (tertiary/aromatic N) is 2. The van der Waals surface area contributed by atoms with E-state index in [0.717, 1.165) is 11.3 Å². The summed E-state index contributed by atoms with van der Waals surface area (Å²) < 4.78 is 10.6. The number of aryl methyl sites for hydroxylation is 1. The lowest BCUT2D eigenvalue weighted by Gasteiger charge is -2.09. The first-order valence-corrected chi connectivity index (χ1v) is 8.52. The maximum atomic E-state index is 12.5. The van der Waals surface area contributed by atoms with Gasteiger partial charge in [-0.3, -0.25) is 4.79 Å². The van der Waals surface area contributed by atoms with Crippen LogP contribution >= 0.6 is 11.6 Å². The number of anilines is 3. The monoisotopic (exact) mass is 382 g/mol. The molecule has 0 unspecified atom stereocenters. The van der Waals surface area contributed by atoms with Gasteiger partial charge in [-0.25, -0.2) is 9.97 Å². The van der Waals surface area contributed by atoms with Crippen LogP contribution in [-0.4, -0.2) is 22.7 Å². The number of hydrogen-bond donors (Lipinski definition) is 2. The number of amides is 1. The predicted molar refractivity (Wildman–Crippen MR) is 102 cm³/mol. The van der Waals surface area contributed by atoms with Gasteiger partial charge in [-0.2, -0.15) is 0 Å². The Kier molecular flexibility index (Phi) is 4.52. The summed E-state index contributed by atoms with van der Waals surface area (Å²) in [4.78, 5) is 20.6. The Labute approximate surface area is 160 Å². The Morgan fingerprint density at radius 1 is 1.04 bits per heavy atom. The largest absolute Gasteiger partial charge is 0.454 e. The minimum atomic E-state index is -0.356. The van der Waals surface area contributed by atoms with Crippen LogP contribution < -0.4 is 20.1 Å². The zero-order valence-corrected chi connectivity index (χ0v) is 15.1. The van der Waals surface area contributed by atoms with Crippen molar-refractivity contribution >= 4 is 34.7 Å². The van der Waals surface area contributed by atoms with Crippen molar-refractivity contribution in [2.45, 2.75) is 6.92 Å². The minimum absolute atomic E-state index is 0.208. The third-order valence-corrected chi connectivity index (χ3v) is 4.38. The van der Waals surface area contributed by atoms with Crippen LogP contribution in [0.4, 0.5) is 17.2 Å². The summed E-state index contributed by atoms with van der Waals surface area (Å²) in [6, 6.07) is 12.3. The number of carbonyl (C=O) groups is 1. The molecule has 0 atom stereocenters. The number of fused-ring (bicyclic) bond motifs is 1. The molecule has 2 heterocycles. The summed E-state index contributed by atoms with van der Waals surface area (Å²) in [6.07, 6.45) is 1.33. The van der Waals surface area contributed by atoms with Gasteiger partial charge in [-0.1, -0.05) is 17.7 Å². The van der Waals surface area contributed by atoms with Gasteiger partial charge in [-0.05, 0) is 36.8 Å². The highest BCUT2D eigenvalue weighted by Crippen LogP contribution is 2.34. The molecule has 0 aliphatic carbocycles. The molecule has 0 bridgehead atoms. The molecule has 2 aromatic carbocycles. The summed E-state index contributed by atoms with van der Waals surface area (Å²) in [5, 5.41) is 6.48. The topological polar surface area (TPSA) is 85.4 Å². The lowest BCUT2D eigenvalue weighted by Crippen LogP contribution is -2.14. The molecule has 0 saturated heterocycles. The third-order valence-electron chi connectivity index (χ3n) is 3.97. The number of rotatable bonds is 4. The highest BCUT2D eigenvalue weighted by atomic mass is 35.5. The van der Waals surface area contributed by atoms with Gasteiger partial charge >= 0.3 is 0 Å². The molecular weight excluding hydrogens is 368 g/mol. The molecule has 8 heteroatoms. The fraction of sp³-hybridized carbons (Fsp3) is 0.105. The van der Waals surface area contributed by atoms with Crippen molar-refractivity contribution in [3.05, 3.63) is 65.1 Å². The van der Waals surface area contributed by atoms with E-state index >= 15 is 0 Å². The molecule has 1 aliphatic rings. The fourth-order valence-electron chi connectivity index (χ4n) is 2.54. The number of halogens is 1. The summed E-state index contributed by atoms with van der Waals surface area (Å²) in [5.74, 6) is 1.48. The molecule has 0 spiro atoms. The summed E-state index contributed by atoms with van der Waals surface area (Å²) in [5.41, 5.74) is 2.52. The van der Waals surface area contributed by atoms with Crippen molar-refractivity contribution < 1.29 is 14.3 Å². The van der Waals surface area contributed by atoms with Crippen molar-refractivity contribution in [1.29, 1.82) is 0 Å². The lowest BCUT2D eigenvalue weighted by molar-refractivity contribution is 0.102. The highest BCUT2D eigenvalue weighted by molar-refractivity contribution is 6.31. The number of carbonyl (C=O) groups excluding carboxylic acids is 1. The van der Waals surface area contributed by atoms with Crippen LogP contribution in [0, 0.1) is 6.92 Å². The van der Waals surface area contributed by atoms with Crippen molar-refractivity contribution in [2.24, 2.45) is 0 Å². The van der Waals surface area contributed by atoms with E-state index in [2.05, 4.69) is 20.6 Å². The Balaban J connectivity index is 1.49. The van der Waals surface area contributed by atoms with Crippen LogP contribution in [0.3, 0.4) is 0 Å². The lowest BCUT2D eigenvalue weighted by atomic mass is 10.2. The standard InChI is InChI=1S/C19H15ClN4O3/c1-11-2-3-12(6-14(11)20)24-19(25)15-8-18(22-9-21-15)23-13-4-5-16-17(7-13)27-10-26-16/h2-9H,10H2,1H3,(H,24,25)(H,21,22,23). The molecule has 1 amide bonds. The number of benzene rings is 2. The maximum Gasteiger partial charge on any atom is 0.274 e. The van der Waals surface area contributed by atoms with Crippen LogP contribution in [0.5, 0.6) is 11.5 Å². The first kappa shape index (κ1) is 17.1. The molecule has 0 saturated carbocycles. The Hall–Kier alpha value is -3.32. The van der Waals surface area contributed by atoms with Crippen LogP contribution in [0.25, 0.3) is 0 Å². The molecule has 4 rings (SSSR count). The molecule has 136 valence electrons. The summed E-state index contributed by atoms with van der Waals surface area (Å²) in [7, 11) is 0. The summed E-state index contributed by atoms with van der Waals surface area (Å²) in [6.45, 7) is 2.10. The number of ether oxygens (including phenoxy) is 2. The molecule has 27 heavy (non-hydrogen) atoms. The van der Waals surface area contributed by atoms with Crippen LogP contribution in [0.1, 0.15) is 16.1 Å². The van der Waals surface area contributed by atoms with E-state index in [1.807, 2.05) is 19.1 Å². The zero-order chi connectivity index (χ0) is 18.8.